The SMILES string of the molecule is COC(=O)c1ncn2c1CCCc1cc(C(F)(F)F)ccc1-2. The normalized spacial score (nSPS) is 14.0. The van der Waals surface area contributed by atoms with Gasteiger partial charge >= 0.3 is 12.1 Å². The fourth-order valence-corrected chi connectivity index (χ4v) is 2.73. The zero-order chi connectivity index (χ0) is 15.9. The van der Waals surface area contributed by atoms with Gasteiger partial charge in [-0.2, -0.15) is 13.2 Å². The Kier molecular flexibility index (Phi) is 3.42. The van der Waals surface area contributed by atoms with Crippen LogP contribution in [0.3, 0.4) is 0 Å². The van der Waals surface area contributed by atoms with Crippen LogP contribution in [0.2, 0.25) is 0 Å². The van der Waals surface area contributed by atoms with Crippen molar-refractivity contribution >= 4 is 5.97 Å². The smallest absolute Gasteiger partial charge is 0.416 e. The first-order valence-corrected chi connectivity index (χ1v) is 6.77. The van der Waals surface area contributed by atoms with Crippen LogP contribution >= 0.6 is 0 Å². The van der Waals surface area contributed by atoms with Crippen LogP contribution in [0.5, 0.6) is 0 Å². The molecule has 0 bridgehead atoms. The zero-order valence-corrected chi connectivity index (χ0v) is 11.8. The minimum absolute atomic E-state index is 0.218. The van der Waals surface area contributed by atoms with Gasteiger partial charge in [-0.15, -0.1) is 0 Å². The van der Waals surface area contributed by atoms with Crippen LogP contribution < -0.4 is 0 Å². The van der Waals surface area contributed by atoms with Crippen molar-refractivity contribution in [3.8, 4) is 5.69 Å². The highest BCUT2D eigenvalue weighted by Crippen LogP contribution is 2.33. The van der Waals surface area contributed by atoms with E-state index in [0.29, 0.717) is 36.2 Å². The number of carbonyl (C=O) groups is 1. The van der Waals surface area contributed by atoms with Crippen molar-refractivity contribution in [2.45, 2.75) is 25.4 Å². The molecule has 1 aromatic heterocycles. The van der Waals surface area contributed by atoms with Crippen molar-refractivity contribution in [3.63, 3.8) is 0 Å². The lowest BCUT2D eigenvalue weighted by atomic mass is 10.0. The van der Waals surface area contributed by atoms with Gasteiger partial charge in [-0.3, -0.25) is 0 Å². The number of fused-ring (bicyclic) bond motifs is 3. The number of alkyl halides is 3. The fourth-order valence-electron chi connectivity index (χ4n) is 2.73. The molecule has 2 aromatic rings. The Hall–Kier alpha value is -2.31. The number of carbonyl (C=O) groups excluding carboxylic acids is 1. The minimum atomic E-state index is -4.36. The number of halogens is 3. The van der Waals surface area contributed by atoms with E-state index in [4.69, 9.17) is 0 Å². The highest BCUT2D eigenvalue weighted by molar-refractivity contribution is 5.88. The van der Waals surface area contributed by atoms with Gasteiger partial charge in [-0.25, -0.2) is 9.78 Å². The summed E-state index contributed by atoms with van der Waals surface area (Å²) in [4.78, 5) is 15.8. The molecule has 1 aliphatic rings. The molecule has 1 aromatic carbocycles. The fraction of sp³-hybridized carbons (Fsp3) is 0.333. The van der Waals surface area contributed by atoms with E-state index in [9.17, 15) is 18.0 Å². The summed E-state index contributed by atoms with van der Waals surface area (Å²) in [5.41, 5.74) is 1.45. The standard InChI is InChI=1S/C15H13F3N2O2/c1-22-14(21)13-12-4-2-3-9-7-10(15(16,17)18)5-6-11(9)20(12)8-19-13/h5-8H,2-4H2,1H3. The molecule has 3 rings (SSSR count). The molecule has 2 heterocycles. The average molecular weight is 310 g/mol. The van der Waals surface area contributed by atoms with E-state index in [1.165, 1.54) is 25.6 Å². The van der Waals surface area contributed by atoms with Crippen molar-refractivity contribution in [1.29, 1.82) is 0 Å². The lowest BCUT2D eigenvalue weighted by molar-refractivity contribution is -0.137. The third-order valence-electron chi connectivity index (χ3n) is 3.77. The Morgan fingerprint density at radius 3 is 2.77 bits per heavy atom. The van der Waals surface area contributed by atoms with Crippen molar-refractivity contribution < 1.29 is 22.7 Å². The molecule has 0 N–H and O–H groups in total. The minimum Gasteiger partial charge on any atom is -0.464 e. The highest BCUT2D eigenvalue weighted by atomic mass is 19.4. The average Bonchev–Trinajstić information content (AvgIpc) is 2.80. The van der Waals surface area contributed by atoms with Crippen molar-refractivity contribution in [3.05, 3.63) is 47.0 Å². The maximum atomic E-state index is 12.8. The molecule has 0 spiro atoms. The molecule has 0 saturated heterocycles. The summed E-state index contributed by atoms with van der Waals surface area (Å²) in [7, 11) is 1.27. The second-order valence-corrected chi connectivity index (χ2v) is 5.10. The summed E-state index contributed by atoms with van der Waals surface area (Å²) in [6, 6.07) is 3.64. The molecule has 116 valence electrons. The number of methoxy groups -OCH3 is 1. The Morgan fingerprint density at radius 2 is 2.09 bits per heavy atom. The van der Waals surface area contributed by atoms with Crippen LogP contribution in [-0.4, -0.2) is 22.6 Å². The molecule has 0 fully saturated rings. The van der Waals surface area contributed by atoms with Gasteiger partial charge < -0.3 is 9.30 Å². The number of nitrogens with zero attached hydrogens (tertiary/aromatic N) is 2. The van der Waals surface area contributed by atoms with Crippen LogP contribution in [0.15, 0.2) is 24.5 Å². The number of hydrogen-bond acceptors (Lipinski definition) is 3. The van der Waals surface area contributed by atoms with Gasteiger partial charge in [0.15, 0.2) is 5.69 Å². The van der Waals surface area contributed by atoms with Gasteiger partial charge in [-0.1, -0.05) is 0 Å². The topological polar surface area (TPSA) is 44.1 Å². The van der Waals surface area contributed by atoms with E-state index in [1.54, 1.807) is 4.57 Å². The van der Waals surface area contributed by atoms with Gasteiger partial charge in [0.25, 0.3) is 0 Å². The molecule has 0 unspecified atom stereocenters. The van der Waals surface area contributed by atoms with E-state index in [-0.39, 0.29) is 5.69 Å². The van der Waals surface area contributed by atoms with E-state index in [1.807, 2.05) is 0 Å². The zero-order valence-electron chi connectivity index (χ0n) is 11.8. The van der Waals surface area contributed by atoms with Crippen molar-refractivity contribution in [2.24, 2.45) is 0 Å². The quantitative estimate of drug-likeness (QED) is 0.760. The lowest BCUT2D eigenvalue weighted by Crippen LogP contribution is -2.08. The lowest BCUT2D eigenvalue weighted by Gasteiger charge is -2.13. The van der Waals surface area contributed by atoms with Crippen LogP contribution in [0.25, 0.3) is 5.69 Å². The van der Waals surface area contributed by atoms with Crippen molar-refractivity contribution in [2.75, 3.05) is 7.11 Å². The molecule has 7 heteroatoms. The predicted molar refractivity (Wildman–Crippen MR) is 71.9 cm³/mol. The van der Waals surface area contributed by atoms with Gasteiger partial charge in [-0.05, 0) is 43.0 Å². The molecule has 0 atom stereocenters. The first-order valence-electron chi connectivity index (χ1n) is 6.77. The van der Waals surface area contributed by atoms with Gasteiger partial charge in [0.2, 0.25) is 0 Å². The third-order valence-corrected chi connectivity index (χ3v) is 3.77. The molecule has 0 aliphatic carbocycles. The number of rotatable bonds is 1. The van der Waals surface area contributed by atoms with Gasteiger partial charge in [0.05, 0.1) is 24.1 Å². The number of aromatic nitrogens is 2. The molecular weight excluding hydrogens is 297 g/mol. The number of hydrogen-bond donors (Lipinski definition) is 0. The van der Waals surface area contributed by atoms with E-state index in [2.05, 4.69) is 9.72 Å². The van der Waals surface area contributed by atoms with E-state index < -0.39 is 17.7 Å². The predicted octanol–water partition coefficient (Wildman–Crippen LogP) is 3.17. The third kappa shape index (κ3) is 2.36. The summed E-state index contributed by atoms with van der Waals surface area (Å²) < 4.78 is 44.9. The summed E-state index contributed by atoms with van der Waals surface area (Å²) in [5, 5.41) is 0. The second kappa shape index (κ2) is 5.15. The van der Waals surface area contributed by atoms with Crippen molar-refractivity contribution in [1.82, 2.24) is 9.55 Å². The molecule has 0 amide bonds. The van der Waals surface area contributed by atoms with Gasteiger partial charge in [0, 0.05) is 0 Å². The van der Waals surface area contributed by atoms with Crippen LogP contribution in [-0.2, 0) is 23.8 Å². The highest BCUT2D eigenvalue weighted by Gasteiger charge is 2.32. The number of aryl methyl sites for hydroxylation is 1. The first-order chi connectivity index (χ1) is 10.4. The number of esters is 1. The maximum Gasteiger partial charge on any atom is 0.416 e. The van der Waals surface area contributed by atoms with Crippen LogP contribution in [0, 0.1) is 0 Å². The maximum absolute atomic E-state index is 12.8. The monoisotopic (exact) mass is 310 g/mol. The Bertz CT molecular complexity index is 735. The molecule has 22 heavy (non-hydrogen) atoms. The Balaban J connectivity index is 2.12. The molecule has 0 radical (unpaired) electrons. The summed E-state index contributed by atoms with van der Waals surface area (Å²) in [6.45, 7) is 0. The summed E-state index contributed by atoms with van der Waals surface area (Å²) in [6.07, 6.45) is -1.19. The number of benzene rings is 1. The molecule has 0 saturated carbocycles. The van der Waals surface area contributed by atoms with E-state index in [0.717, 1.165) is 6.07 Å². The summed E-state index contributed by atoms with van der Waals surface area (Å²) >= 11 is 0. The van der Waals surface area contributed by atoms with E-state index >= 15 is 0 Å². The van der Waals surface area contributed by atoms with Gasteiger partial charge in [0.1, 0.15) is 6.33 Å². The molecular formula is C15H13F3N2O2. The summed E-state index contributed by atoms with van der Waals surface area (Å²) in [5.74, 6) is -0.538. The second-order valence-electron chi connectivity index (χ2n) is 5.10. The van der Waals surface area contributed by atoms with Crippen LogP contribution in [0.4, 0.5) is 13.2 Å². The molecule has 4 nitrogen and oxygen atoms in total. The number of imidazole rings is 1. The van der Waals surface area contributed by atoms with Crippen LogP contribution in [0.1, 0.15) is 33.7 Å². The number of ether oxygens (including phenoxy) is 1. The Labute approximate surface area is 124 Å². The Morgan fingerprint density at radius 1 is 1.32 bits per heavy atom. The molecule has 1 aliphatic heterocycles. The largest absolute Gasteiger partial charge is 0.464 e. The first kappa shape index (κ1) is 14.6.